The predicted octanol–water partition coefficient (Wildman–Crippen LogP) is 0.411. The summed E-state index contributed by atoms with van der Waals surface area (Å²) in [6, 6.07) is 0. The summed E-state index contributed by atoms with van der Waals surface area (Å²) in [4.78, 5) is 24.7. The number of rotatable bonds is 6. The van der Waals surface area contributed by atoms with Crippen LogP contribution >= 0.6 is 0 Å². The van der Waals surface area contributed by atoms with Gasteiger partial charge in [-0.1, -0.05) is 13.8 Å². The van der Waals surface area contributed by atoms with Crippen LogP contribution in [0.4, 0.5) is 0 Å². The Morgan fingerprint density at radius 1 is 1.35 bits per heavy atom. The summed E-state index contributed by atoms with van der Waals surface area (Å²) in [7, 11) is 3.61. The minimum Gasteiger partial charge on any atom is -0.481 e. The highest BCUT2D eigenvalue weighted by molar-refractivity contribution is 5.91. The molecule has 0 spiro atoms. The molecule has 1 aliphatic rings. The van der Waals surface area contributed by atoms with Crippen LogP contribution in [-0.4, -0.2) is 49.1 Å². The van der Waals surface area contributed by atoms with E-state index >= 15 is 0 Å². The third-order valence-electron chi connectivity index (χ3n) is 3.66. The standard InChI is InChI=1S/C12H22N2O3/c1-12(2)8(9(12)11(16)17)10(15)14(4)7-5-6-13-3/h8-9,13H,5-7H2,1-4H3,(H,16,17)/t8-,9+/m1/s1. The molecule has 0 radical (unpaired) electrons. The molecular weight excluding hydrogens is 220 g/mol. The van der Waals surface area contributed by atoms with E-state index in [2.05, 4.69) is 5.32 Å². The van der Waals surface area contributed by atoms with E-state index in [-0.39, 0.29) is 11.8 Å². The molecule has 1 amide bonds. The molecule has 0 unspecified atom stereocenters. The van der Waals surface area contributed by atoms with Crippen LogP contribution in [-0.2, 0) is 9.59 Å². The van der Waals surface area contributed by atoms with E-state index in [0.717, 1.165) is 13.0 Å². The number of carbonyl (C=O) groups is 2. The number of hydrogen-bond acceptors (Lipinski definition) is 3. The largest absolute Gasteiger partial charge is 0.481 e. The van der Waals surface area contributed by atoms with Gasteiger partial charge < -0.3 is 15.3 Å². The molecule has 1 fully saturated rings. The lowest BCUT2D eigenvalue weighted by Gasteiger charge is -2.17. The number of nitrogens with one attached hydrogen (secondary N) is 1. The van der Waals surface area contributed by atoms with Gasteiger partial charge in [0.15, 0.2) is 0 Å². The number of carboxylic acid groups (broad SMARTS) is 1. The van der Waals surface area contributed by atoms with Crippen LogP contribution in [0.3, 0.4) is 0 Å². The molecule has 0 heterocycles. The van der Waals surface area contributed by atoms with Crippen molar-refractivity contribution in [2.45, 2.75) is 20.3 Å². The van der Waals surface area contributed by atoms with Crippen molar-refractivity contribution in [1.82, 2.24) is 10.2 Å². The first-order valence-corrected chi connectivity index (χ1v) is 5.96. The molecule has 0 aromatic carbocycles. The maximum absolute atomic E-state index is 12.1. The third kappa shape index (κ3) is 2.77. The first-order valence-electron chi connectivity index (χ1n) is 5.96. The van der Waals surface area contributed by atoms with Crippen molar-refractivity contribution in [3.8, 4) is 0 Å². The fourth-order valence-electron chi connectivity index (χ4n) is 2.40. The van der Waals surface area contributed by atoms with E-state index in [9.17, 15) is 9.59 Å². The topological polar surface area (TPSA) is 69.6 Å². The first-order chi connectivity index (χ1) is 7.84. The molecule has 0 aromatic rings. The van der Waals surface area contributed by atoms with Crippen molar-refractivity contribution in [2.75, 3.05) is 27.2 Å². The molecular formula is C12H22N2O3. The molecule has 0 saturated heterocycles. The quantitative estimate of drug-likeness (QED) is 0.662. The molecule has 1 saturated carbocycles. The van der Waals surface area contributed by atoms with Gasteiger partial charge >= 0.3 is 5.97 Å². The molecule has 1 rings (SSSR count). The van der Waals surface area contributed by atoms with Crippen LogP contribution in [0.5, 0.6) is 0 Å². The summed E-state index contributed by atoms with van der Waals surface area (Å²) in [6.07, 6.45) is 0.879. The van der Waals surface area contributed by atoms with Crippen molar-refractivity contribution in [2.24, 2.45) is 17.3 Å². The molecule has 1 aliphatic carbocycles. The first kappa shape index (κ1) is 14.0. The number of amides is 1. The Morgan fingerprint density at radius 3 is 2.35 bits per heavy atom. The number of nitrogens with zero attached hydrogens (tertiary/aromatic N) is 1. The molecule has 98 valence electrons. The zero-order chi connectivity index (χ0) is 13.2. The van der Waals surface area contributed by atoms with Gasteiger partial charge in [-0.15, -0.1) is 0 Å². The van der Waals surface area contributed by atoms with Crippen LogP contribution < -0.4 is 5.32 Å². The molecule has 17 heavy (non-hydrogen) atoms. The normalized spacial score (nSPS) is 25.4. The lowest BCUT2D eigenvalue weighted by molar-refractivity contribution is -0.141. The molecule has 0 bridgehead atoms. The maximum atomic E-state index is 12.1. The minimum absolute atomic E-state index is 0.0431. The van der Waals surface area contributed by atoms with E-state index in [0.29, 0.717) is 6.54 Å². The second-order valence-electron chi connectivity index (χ2n) is 5.33. The molecule has 2 atom stereocenters. The van der Waals surface area contributed by atoms with Gasteiger partial charge in [-0.3, -0.25) is 9.59 Å². The monoisotopic (exact) mass is 242 g/mol. The lowest BCUT2D eigenvalue weighted by Crippen LogP contribution is -2.32. The highest BCUT2D eigenvalue weighted by Crippen LogP contribution is 2.58. The van der Waals surface area contributed by atoms with Crippen LogP contribution in [0.1, 0.15) is 20.3 Å². The van der Waals surface area contributed by atoms with E-state index in [1.165, 1.54) is 0 Å². The maximum Gasteiger partial charge on any atom is 0.307 e. The Hall–Kier alpha value is -1.10. The zero-order valence-corrected chi connectivity index (χ0v) is 11.0. The fraction of sp³-hybridized carbons (Fsp3) is 0.833. The van der Waals surface area contributed by atoms with Gasteiger partial charge in [0.1, 0.15) is 0 Å². The van der Waals surface area contributed by atoms with Gasteiger partial charge in [-0.25, -0.2) is 0 Å². The van der Waals surface area contributed by atoms with Crippen LogP contribution in [0.15, 0.2) is 0 Å². The average Bonchev–Trinajstić information content (AvgIpc) is 2.80. The Labute approximate surface area is 102 Å². The van der Waals surface area contributed by atoms with Crippen molar-refractivity contribution in [3.05, 3.63) is 0 Å². The lowest BCUT2D eigenvalue weighted by atomic mass is 10.1. The SMILES string of the molecule is CNCCCN(C)C(=O)[C@H]1[C@@H](C(=O)O)C1(C)C. The molecule has 2 N–H and O–H groups in total. The Morgan fingerprint density at radius 2 is 1.94 bits per heavy atom. The highest BCUT2D eigenvalue weighted by Gasteiger charge is 2.66. The Kier molecular flexibility index (Phi) is 4.14. The number of aliphatic carboxylic acids is 1. The summed E-state index contributed by atoms with van der Waals surface area (Å²) in [6.45, 7) is 5.21. The molecule has 0 aliphatic heterocycles. The van der Waals surface area contributed by atoms with Gasteiger partial charge in [0.25, 0.3) is 0 Å². The second kappa shape index (κ2) is 5.04. The van der Waals surface area contributed by atoms with Gasteiger partial charge in [0, 0.05) is 13.6 Å². The minimum atomic E-state index is -0.864. The Bertz CT molecular complexity index is 315. The van der Waals surface area contributed by atoms with Crippen molar-refractivity contribution >= 4 is 11.9 Å². The van der Waals surface area contributed by atoms with E-state index in [1.807, 2.05) is 20.9 Å². The van der Waals surface area contributed by atoms with Crippen molar-refractivity contribution in [3.63, 3.8) is 0 Å². The van der Waals surface area contributed by atoms with E-state index in [4.69, 9.17) is 5.11 Å². The summed E-state index contributed by atoms with van der Waals surface area (Å²) >= 11 is 0. The third-order valence-corrected chi connectivity index (χ3v) is 3.66. The molecule has 0 aromatic heterocycles. The van der Waals surface area contributed by atoms with E-state index in [1.54, 1.807) is 11.9 Å². The zero-order valence-electron chi connectivity index (χ0n) is 11.0. The van der Waals surface area contributed by atoms with Crippen LogP contribution in [0.2, 0.25) is 0 Å². The summed E-state index contributed by atoms with van der Waals surface area (Å²) < 4.78 is 0. The number of carbonyl (C=O) groups excluding carboxylic acids is 1. The predicted molar refractivity (Wildman–Crippen MR) is 64.6 cm³/mol. The van der Waals surface area contributed by atoms with Crippen molar-refractivity contribution in [1.29, 1.82) is 0 Å². The Balaban J connectivity index is 2.51. The van der Waals surface area contributed by atoms with Gasteiger partial charge in [-0.05, 0) is 25.4 Å². The molecule has 5 heteroatoms. The number of hydrogen-bond donors (Lipinski definition) is 2. The summed E-state index contributed by atoms with van der Waals surface area (Å²) in [5.41, 5.74) is -0.403. The fourth-order valence-corrected chi connectivity index (χ4v) is 2.40. The van der Waals surface area contributed by atoms with Gasteiger partial charge in [0.2, 0.25) is 5.91 Å². The van der Waals surface area contributed by atoms with Gasteiger partial charge in [0.05, 0.1) is 11.8 Å². The van der Waals surface area contributed by atoms with Gasteiger partial charge in [-0.2, -0.15) is 0 Å². The van der Waals surface area contributed by atoms with Crippen LogP contribution in [0, 0.1) is 17.3 Å². The molecule has 5 nitrogen and oxygen atoms in total. The smallest absolute Gasteiger partial charge is 0.307 e. The summed E-state index contributed by atoms with van der Waals surface area (Å²) in [5.74, 6) is -1.79. The van der Waals surface area contributed by atoms with Crippen LogP contribution in [0.25, 0.3) is 0 Å². The summed E-state index contributed by atoms with van der Waals surface area (Å²) in [5, 5.41) is 12.0. The second-order valence-corrected chi connectivity index (χ2v) is 5.33. The highest BCUT2D eigenvalue weighted by atomic mass is 16.4. The van der Waals surface area contributed by atoms with E-state index < -0.39 is 17.3 Å². The average molecular weight is 242 g/mol. The van der Waals surface area contributed by atoms with Crippen molar-refractivity contribution < 1.29 is 14.7 Å². The number of carboxylic acids is 1.